The summed E-state index contributed by atoms with van der Waals surface area (Å²) >= 11 is 0. The van der Waals surface area contributed by atoms with Crippen molar-refractivity contribution < 1.29 is 13.2 Å². The average Bonchev–Trinajstić information content (AvgIpc) is 2.66. The van der Waals surface area contributed by atoms with Crippen molar-refractivity contribution in [3.05, 3.63) is 35.4 Å². The number of amides is 1. The van der Waals surface area contributed by atoms with Crippen molar-refractivity contribution in [3.8, 4) is 0 Å². The number of fused-ring (bicyclic) bond motifs is 1. The maximum Gasteiger partial charge on any atom is 0.220 e. The molecule has 4 aliphatic carbocycles. The van der Waals surface area contributed by atoms with E-state index in [1.807, 2.05) is 18.2 Å². The molecule has 5 nitrogen and oxygen atoms in total. The molecule has 1 aromatic carbocycles. The quantitative estimate of drug-likeness (QED) is 0.775. The van der Waals surface area contributed by atoms with E-state index < -0.39 is 10.0 Å². The van der Waals surface area contributed by atoms with Crippen molar-refractivity contribution in [1.29, 1.82) is 0 Å². The summed E-state index contributed by atoms with van der Waals surface area (Å²) in [4.78, 5) is 12.6. The minimum Gasteiger partial charge on any atom is -0.355 e. The monoisotopic (exact) mass is 416 g/mol. The van der Waals surface area contributed by atoms with Gasteiger partial charge in [-0.1, -0.05) is 24.3 Å². The molecule has 1 aliphatic heterocycles. The fourth-order valence-corrected chi connectivity index (χ4v) is 8.39. The lowest BCUT2D eigenvalue weighted by Crippen LogP contribution is -2.48. The standard InChI is InChI=1S/C23H32N2O3S/c26-22(15-23-12-17-9-18(13-23)11-19(10-17)14-23)24-6-8-29(27,28)25-7-5-20-3-1-2-4-21(20)16-25/h1-4,17-19H,5-16H2,(H,24,26). The average molecular weight is 417 g/mol. The highest BCUT2D eigenvalue weighted by Gasteiger charge is 2.51. The van der Waals surface area contributed by atoms with Gasteiger partial charge in [0.25, 0.3) is 0 Å². The third-order valence-corrected chi connectivity index (χ3v) is 9.69. The lowest BCUT2D eigenvalue weighted by atomic mass is 9.49. The number of carbonyl (C=O) groups excluding carboxylic acids is 1. The van der Waals surface area contributed by atoms with Crippen molar-refractivity contribution in [1.82, 2.24) is 9.62 Å². The third-order valence-electron chi connectivity index (χ3n) is 7.87. The molecule has 4 bridgehead atoms. The number of nitrogens with one attached hydrogen (secondary N) is 1. The molecule has 158 valence electrons. The van der Waals surface area contributed by atoms with Crippen molar-refractivity contribution >= 4 is 15.9 Å². The predicted molar refractivity (Wildman–Crippen MR) is 113 cm³/mol. The number of sulfonamides is 1. The van der Waals surface area contributed by atoms with Crippen LogP contribution in [0.5, 0.6) is 0 Å². The molecule has 1 amide bonds. The van der Waals surface area contributed by atoms with Crippen LogP contribution in [0.15, 0.2) is 24.3 Å². The van der Waals surface area contributed by atoms with Crippen LogP contribution >= 0.6 is 0 Å². The summed E-state index contributed by atoms with van der Waals surface area (Å²) < 4.78 is 27.1. The van der Waals surface area contributed by atoms with Gasteiger partial charge in [-0.25, -0.2) is 8.42 Å². The zero-order valence-electron chi connectivity index (χ0n) is 17.1. The molecule has 0 atom stereocenters. The highest BCUT2D eigenvalue weighted by molar-refractivity contribution is 7.89. The van der Waals surface area contributed by atoms with Gasteiger partial charge in [0.1, 0.15) is 0 Å². The van der Waals surface area contributed by atoms with Gasteiger partial charge in [-0.3, -0.25) is 4.79 Å². The largest absolute Gasteiger partial charge is 0.355 e. The second kappa shape index (κ2) is 7.38. The van der Waals surface area contributed by atoms with Crippen molar-refractivity contribution in [2.24, 2.45) is 23.2 Å². The Hall–Kier alpha value is -1.40. The van der Waals surface area contributed by atoms with E-state index in [0.29, 0.717) is 19.5 Å². The van der Waals surface area contributed by atoms with Crippen LogP contribution in [-0.4, -0.2) is 37.5 Å². The SMILES string of the molecule is O=C(CC12CC3CC(CC(C3)C1)C2)NCCS(=O)(=O)N1CCc2ccccc2C1. The highest BCUT2D eigenvalue weighted by Crippen LogP contribution is 2.61. The molecule has 4 saturated carbocycles. The Balaban J connectivity index is 1.13. The van der Waals surface area contributed by atoms with E-state index in [1.165, 1.54) is 44.1 Å². The molecular formula is C23H32N2O3S. The number of hydrogen-bond donors (Lipinski definition) is 1. The first-order valence-electron chi connectivity index (χ1n) is 11.2. The van der Waals surface area contributed by atoms with E-state index >= 15 is 0 Å². The molecule has 6 heteroatoms. The number of nitrogens with zero attached hydrogens (tertiary/aromatic N) is 1. The lowest BCUT2D eigenvalue weighted by Gasteiger charge is -2.56. The van der Waals surface area contributed by atoms with E-state index in [4.69, 9.17) is 0 Å². The van der Waals surface area contributed by atoms with Gasteiger partial charge in [0.2, 0.25) is 15.9 Å². The Kier molecular flexibility index (Phi) is 4.98. The molecule has 0 radical (unpaired) electrons. The summed E-state index contributed by atoms with van der Waals surface area (Å²) in [6, 6.07) is 8.04. The molecule has 5 aliphatic rings. The Bertz CT molecular complexity index is 860. The third kappa shape index (κ3) is 3.98. The maximum absolute atomic E-state index is 12.8. The van der Waals surface area contributed by atoms with E-state index in [2.05, 4.69) is 11.4 Å². The second-order valence-electron chi connectivity index (χ2n) is 10.1. The molecule has 0 unspecified atom stereocenters. The van der Waals surface area contributed by atoms with Gasteiger partial charge < -0.3 is 5.32 Å². The van der Waals surface area contributed by atoms with Crippen LogP contribution in [0.25, 0.3) is 0 Å². The summed E-state index contributed by atoms with van der Waals surface area (Å²) in [6.45, 7) is 1.19. The Labute approximate surface area is 174 Å². The Morgan fingerprint density at radius 3 is 2.31 bits per heavy atom. The van der Waals surface area contributed by atoms with E-state index in [1.54, 1.807) is 4.31 Å². The first-order valence-corrected chi connectivity index (χ1v) is 12.8. The lowest BCUT2D eigenvalue weighted by molar-refractivity contribution is -0.129. The minimum atomic E-state index is -3.36. The van der Waals surface area contributed by atoms with Crippen LogP contribution < -0.4 is 5.32 Å². The molecule has 1 aromatic rings. The van der Waals surface area contributed by atoms with Gasteiger partial charge >= 0.3 is 0 Å². The predicted octanol–water partition coefficient (Wildman–Crippen LogP) is 3.10. The molecule has 29 heavy (non-hydrogen) atoms. The van der Waals surface area contributed by atoms with Gasteiger partial charge in [-0.2, -0.15) is 4.31 Å². The normalized spacial score (nSPS) is 33.4. The van der Waals surface area contributed by atoms with Crippen molar-refractivity contribution in [2.75, 3.05) is 18.8 Å². The van der Waals surface area contributed by atoms with Gasteiger partial charge in [-0.15, -0.1) is 0 Å². The zero-order chi connectivity index (χ0) is 20.1. The first-order chi connectivity index (χ1) is 13.9. The summed E-state index contributed by atoms with van der Waals surface area (Å²) in [6.07, 6.45) is 9.09. The van der Waals surface area contributed by atoms with Crippen LogP contribution in [0.1, 0.15) is 56.1 Å². The molecule has 6 rings (SSSR count). The fourth-order valence-electron chi connectivity index (χ4n) is 7.07. The molecule has 0 spiro atoms. The molecule has 4 fully saturated rings. The van der Waals surface area contributed by atoms with Crippen LogP contribution in [0.2, 0.25) is 0 Å². The van der Waals surface area contributed by atoms with E-state index in [9.17, 15) is 13.2 Å². The van der Waals surface area contributed by atoms with Gasteiger partial charge in [0.05, 0.1) is 5.75 Å². The van der Waals surface area contributed by atoms with Crippen LogP contribution in [0.3, 0.4) is 0 Å². The maximum atomic E-state index is 12.8. The number of benzene rings is 1. The van der Waals surface area contributed by atoms with Gasteiger partial charge in [-0.05, 0) is 79.2 Å². The fraction of sp³-hybridized carbons (Fsp3) is 0.696. The smallest absolute Gasteiger partial charge is 0.220 e. The summed E-state index contributed by atoms with van der Waals surface area (Å²) in [7, 11) is -3.36. The Morgan fingerprint density at radius 2 is 1.66 bits per heavy atom. The molecule has 1 N–H and O–H groups in total. The number of hydrogen-bond acceptors (Lipinski definition) is 3. The summed E-state index contributed by atoms with van der Waals surface area (Å²) in [5.41, 5.74) is 2.53. The minimum absolute atomic E-state index is 0.0121. The van der Waals surface area contributed by atoms with Crippen LogP contribution in [-0.2, 0) is 27.8 Å². The number of rotatable bonds is 6. The molecule has 0 saturated heterocycles. The topological polar surface area (TPSA) is 66.5 Å². The molecule has 0 aromatic heterocycles. The van der Waals surface area contributed by atoms with Gasteiger partial charge in [0.15, 0.2) is 0 Å². The van der Waals surface area contributed by atoms with E-state index in [0.717, 1.165) is 29.7 Å². The van der Waals surface area contributed by atoms with Crippen LogP contribution in [0.4, 0.5) is 0 Å². The van der Waals surface area contributed by atoms with Crippen LogP contribution in [0, 0.1) is 23.2 Å². The van der Waals surface area contributed by atoms with Crippen molar-refractivity contribution in [2.45, 2.75) is 57.9 Å². The molecular weight excluding hydrogens is 384 g/mol. The van der Waals surface area contributed by atoms with E-state index in [-0.39, 0.29) is 23.6 Å². The van der Waals surface area contributed by atoms with Gasteiger partial charge in [0, 0.05) is 26.1 Å². The summed E-state index contributed by atoms with van der Waals surface area (Å²) in [5, 5.41) is 2.93. The Morgan fingerprint density at radius 1 is 1.03 bits per heavy atom. The highest BCUT2D eigenvalue weighted by atomic mass is 32.2. The second-order valence-corrected chi connectivity index (χ2v) is 12.2. The zero-order valence-corrected chi connectivity index (χ0v) is 17.9. The summed E-state index contributed by atoms with van der Waals surface area (Å²) in [5.74, 6) is 2.53. The molecule has 1 heterocycles. The van der Waals surface area contributed by atoms with Crippen molar-refractivity contribution in [3.63, 3.8) is 0 Å². The number of carbonyl (C=O) groups is 1. The first kappa shape index (κ1) is 19.6.